The highest BCUT2D eigenvalue weighted by atomic mass is 16.5. The van der Waals surface area contributed by atoms with Crippen molar-refractivity contribution in [3.63, 3.8) is 0 Å². The Labute approximate surface area is 136 Å². The number of anilines is 1. The van der Waals surface area contributed by atoms with Crippen molar-refractivity contribution in [1.29, 1.82) is 0 Å². The molecule has 0 saturated carbocycles. The number of hydrogen-bond acceptors (Lipinski definition) is 3. The molecule has 0 radical (unpaired) electrons. The van der Waals surface area contributed by atoms with Gasteiger partial charge in [-0.2, -0.15) is 0 Å². The van der Waals surface area contributed by atoms with Gasteiger partial charge >= 0.3 is 6.03 Å². The number of hydrogen-bond donors (Lipinski definition) is 2. The molecule has 0 aliphatic heterocycles. The van der Waals surface area contributed by atoms with Gasteiger partial charge in [0.2, 0.25) is 0 Å². The highest BCUT2D eigenvalue weighted by molar-refractivity contribution is 5.90. The number of nitrogens with one attached hydrogen (secondary N) is 2. The van der Waals surface area contributed by atoms with Gasteiger partial charge in [-0.15, -0.1) is 0 Å². The molecular weight excluding hydrogens is 292 g/mol. The number of para-hydroxylation sites is 3. The van der Waals surface area contributed by atoms with Gasteiger partial charge in [0.25, 0.3) is 0 Å². The standard InChI is InChI=1S/C18H22N2O3/c1-4-14-9-7-8-13(2)17(14)20-18(21)19-12-23-16-11-6-5-10-15(16)22-3/h5-11H,4,12H2,1-3H3,(H2,19,20,21). The molecule has 2 rings (SSSR count). The maximum atomic E-state index is 12.0. The first-order valence-electron chi connectivity index (χ1n) is 7.54. The second-order valence-corrected chi connectivity index (χ2v) is 5.03. The molecule has 0 bridgehead atoms. The Bertz CT molecular complexity index is 671. The number of carbonyl (C=O) groups is 1. The molecule has 0 aliphatic carbocycles. The molecule has 0 heterocycles. The minimum absolute atomic E-state index is 0.0551. The number of ether oxygens (including phenoxy) is 2. The zero-order valence-corrected chi connectivity index (χ0v) is 13.7. The van der Waals surface area contributed by atoms with Crippen LogP contribution < -0.4 is 20.1 Å². The van der Waals surface area contributed by atoms with Crippen molar-refractivity contribution in [3.8, 4) is 11.5 Å². The van der Waals surface area contributed by atoms with Gasteiger partial charge in [0.05, 0.1) is 7.11 Å². The first kappa shape index (κ1) is 16.7. The number of amides is 2. The number of aryl methyl sites for hydroxylation is 2. The molecule has 5 nitrogen and oxygen atoms in total. The summed E-state index contributed by atoms with van der Waals surface area (Å²) in [6, 6.07) is 13.0. The zero-order chi connectivity index (χ0) is 16.7. The van der Waals surface area contributed by atoms with Crippen LogP contribution in [-0.2, 0) is 6.42 Å². The third-order valence-electron chi connectivity index (χ3n) is 3.51. The van der Waals surface area contributed by atoms with Crippen molar-refractivity contribution in [2.24, 2.45) is 0 Å². The summed E-state index contributed by atoms with van der Waals surface area (Å²) in [6.07, 6.45) is 0.856. The Morgan fingerprint density at radius 2 is 1.83 bits per heavy atom. The maximum absolute atomic E-state index is 12.0. The molecule has 2 amide bonds. The van der Waals surface area contributed by atoms with Gasteiger partial charge in [0.15, 0.2) is 18.2 Å². The Morgan fingerprint density at radius 3 is 2.52 bits per heavy atom. The lowest BCUT2D eigenvalue weighted by Crippen LogP contribution is -2.32. The van der Waals surface area contributed by atoms with E-state index in [0.29, 0.717) is 11.5 Å². The van der Waals surface area contributed by atoms with Crippen LogP contribution in [0.4, 0.5) is 10.5 Å². The molecule has 0 unspecified atom stereocenters. The van der Waals surface area contributed by atoms with Crippen LogP contribution in [0.5, 0.6) is 11.5 Å². The van der Waals surface area contributed by atoms with E-state index in [9.17, 15) is 4.79 Å². The van der Waals surface area contributed by atoms with Crippen LogP contribution in [0.15, 0.2) is 42.5 Å². The van der Waals surface area contributed by atoms with E-state index in [0.717, 1.165) is 23.2 Å². The van der Waals surface area contributed by atoms with Crippen LogP contribution in [0, 0.1) is 6.92 Å². The molecule has 0 fully saturated rings. The smallest absolute Gasteiger partial charge is 0.321 e. The van der Waals surface area contributed by atoms with E-state index in [4.69, 9.17) is 9.47 Å². The van der Waals surface area contributed by atoms with Gasteiger partial charge in [-0.1, -0.05) is 37.3 Å². The maximum Gasteiger partial charge on any atom is 0.321 e. The average molecular weight is 314 g/mol. The number of urea groups is 1. The Kier molecular flexibility index (Phi) is 5.86. The van der Waals surface area contributed by atoms with Crippen molar-refractivity contribution in [1.82, 2.24) is 5.32 Å². The van der Waals surface area contributed by atoms with Crippen molar-refractivity contribution in [2.75, 3.05) is 19.2 Å². The predicted molar refractivity (Wildman–Crippen MR) is 91.2 cm³/mol. The van der Waals surface area contributed by atoms with Gasteiger partial charge in [0, 0.05) is 5.69 Å². The van der Waals surface area contributed by atoms with Crippen LogP contribution in [0.3, 0.4) is 0 Å². The van der Waals surface area contributed by atoms with E-state index in [1.807, 2.05) is 37.3 Å². The number of methoxy groups -OCH3 is 1. The van der Waals surface area contributed by atoms with Crippen LogP contribution in [-0.4, -0.2) is 19.9 Å². The first-order chi connectivity index (χ1) is 11.2. The summed E-state index contributed by atoms with van der Waals surface area (Å²) in [7, 11) is 1.58. The van der Waals surface area contributed by atoms with Crippen LogP contribution >= 0.6 is 0 Å². The molecule has 0 atom stereocenters. The number of carbonyl (C=O) groups excluding carboxylic acids is 1. The summed E-state index contributed by atoms with van der Waals surface area (Å²) < 4.78 is 10.7. The normalized spacial score (nSPS) is 10.0. The lowest BCUT2D eigenvalue weighted by molar-refractivity contribution is 0.231. The van der Waals surface area contributed by atoms with Crippen LogP contribution in [0.2, 0.25) is 0 Å². The summed E-state index contributed by atoms with van der Waals surface area (Å²) >= 11 is 0. The summed E-state index contributed by atoms with van der Waals surface area (Å²) in [5.74, 6) is 1.21. The molecule has 2 aromatic rings. The summed E-state index contributed by atoms with van der Waals surface area (Å²) in [4.78, 5) is 12.0. The minimum atomic E-state index is -0.302. The van der Waals surface area contributed by atoms with Crippen LogP contribution in [0.25, 0.3) is 0 Å². The molecular formula is C18H22N2O3. The Morgan fingerprint density at radius 1 is 1.09 bits per heavy atom. The lowest BCUT2D eigenvalue weighted by atomic mass is 10.1. The molecule has 122 valence electrons. The van der Waals surface area contributed by atoms with Gasteiger partial charge in [-0.25, -0.2) is 4.79 Å². The van der Waals surface area contributed by atoms with Crippen molar-refractivity contribution in [2.45, 2.75) is 20.3 Å². The molecule has 0 saturated heterocycles. The number of rotatable bonds is 6. The van der Waals surface area contributed by atoms with E-state index >= 15 is 0 Å². The van der Waals surface area contributed by atoms with Gasteiger partial charge in [0.1, 0.15) is 0 Å². The van der Waals surface area contributed by atoms with Gasteiger partial charge < -0.3 is 20.1 Å². The Balaban J connectivity index is 1.91. The topological polar surface area (TPSA) is 59.6 Å². The zero-order valence-electron chi connectivity index (χ0n) is 13.7. The molecule has 0 spiro atoms. The third-order valence-corrected chi connectivity index (χ3v) is 3.51. The fraction of sp³-hybridized carbons (Fsp3) is 0.278. The molecule has 0 aromatic heterocycles. The van der Waals surface area contributed by atoms with E-state index in [1.54, 1.807) is 19.2 Å². The van der Waals surface area contributed by atoms with Gasteiger partial charge in [-0.3, -0.25) is 0 Å². The summed E-state index contributed by atoms with van der Waals surface area (Å²) in [6.45, 7) is 4.09. The van der Waals surface area contributed by atoms with Gasteiger partial charge in [-0.05, 0) is 36.6 Å². The highest BCUT2D eigenvalue weighted by Gasteiger charge is 2.08. The summed E-state index contributed by atoms with van der Waals surface area (Å²) in [5, 5.41) is 5.56. The average Bonchev–Trinajstić information content (AvgIpc) is 2.57. The van der Waals surface area contributed by atoms with Crippen LogP contribution in [0.1, 0.15) is 18.1 Å². The molecule has 2 aromatic carbocycles. The van der Waals surface area contributed by atoms with E-state index in [-0.39, 0.29) is 12.8 Å². The van der Waals surface area contributed by atoms with Crippen molar-refractivity contribution >= 4 is 11.7 Å². The highest BCUT2D eigenvalue weighted by Crippen LogP contribution is 2.25. The predicted octanol–water partition coefficient (Wildman–Crippen LogP) is 3.72. The van der Waals surface area contributed by atoms with E-state index in [2.05, 4.69) is 17.6 Å². The van der Waals surface area contributed by atoms with E-state index < -0.39 is 0 Å². The molecule has 23 heavy (non-hydrogen) atoms. The quantitative estimate of drug-likeness (QED) is 0.799. The molecule has 2 N–H and O–H groups in total. The van der Waals surface area contributed by atoms with E-state index in [1.165, 1.54) is 0 Å². The molecule has 5 heteroatoms. The number of benzene rings is 2. The summed E-state index contributed by atoms with van der Waals surface area (Å²) in [5.41, 5.74) is 2.99. The first-order valence-corrected chi connectivity index (χ1v) is 7.54. The minimum Gasteiger partial charge on any atom is -0.493 e. The second kappa shape index (κ2) is 8.08. The molecule has 0 aliphatic rings. The van der Waals surface area contributed by atoms with Crippen molar-refractivity contribution in [3.05, 3.63) is 53.6 Å². The lowest BCUT2D eigenvalue weighted by Gasteiger charge is -2.14. The fourth-order valence-electron chi connectivity index (χ4n) is 2.28. The largest absolute Gasteiger partial charge is 0.493 e. The fourth-order valence-corrected chi connectivity index (χ4v) is 2.28. The Hall–Kier alpha value is -2.69. The SMILES string of the molecule is CCc1cccc(C)c1NC(=O)NCOc1ccccc1OC. The third kappa shape index (κ3) is 4.39. The monoisotopic (exact) mass is 314 g/mol. The van der Waals surface area contributed by atoms with Crippen molar-refractivity contribution < 1.29 is 14.3 Å². The second-order valence-electron chi connectivity index (χ2n) is 5.03.